The first-order chi connectivity index (χ1) is 12.8. The summed E-state index contributed by atoms with van der Waals surface area (Å²) in [7, 11) is 0. The highest BCUT2D eigenvalue weighted by Gasteiger charge is 2.36. The van der Waals surface area contributed by atoms with Crippen LogP contribution in [0.5, 0.6) is 0 Å². The third kappa shape index (κ3) is 4.81. The second-order valence-electron chi connectivity index (χ2n) is 8.04. The van der Waals surface area contributed by atoms with Crippen molar-refractivity contribution in [2.75, 3.05) is 13.1 Å². The molecule has 0 bridgehead atoms. The highest BCUT2D eigenvalue weighted by Crippen LogP contribution is 2.21. The topological polar surface area (TPSA) is 63.6 Å². The van der Waals surface area contributed by atoms with E-state index in [0.29, 0.717) is 19.5 Å². The van der Waals surface area contributed by atoms with Gasteiger partial charge in [0.05, 0.1) is 0 Å². The summed E-state index contributed by atoms with van der Waals surface area (Å²) in [6.07, 6.45) is 4.02. The van der Waals surface area contributed by atoms with E-state index in [1.165, 1.54) is 10.9 Å². The van der Waals surface area contributed by atoms with Gasteiger partial charge in [0.25, 0.3) is 0 Å². The van der Waals surface area contributed by atoms with Gasteiger partial charge < -0.3 is 14.6 Å². The first-order valence-corrected chi connectivity index (χ1v) is 9.66. The fraction of sp³-hybridized carbons (Fsp3) is 0.524. The summed E-state index contributed by atoms with van der Waals surface area (Å²) in [5, 5.41) is 4.20. The molecule has 1 aliphatic rings. The van der Waals surface area contributed by atoms with Crippen molar-refractivity contribution in [3.05, 3.63) is 36.5 Å². The van der Waals surface area contributed by atoms with E-state index in [4.69, 9.17) is 4.74 Å². The Bertz CT molecular complexity index is 806. The lowest BCUT2D eigenvalue weighted by Gasteiger charge is -2.28. The normalized spacial score (nSPS) is 17.3. The van der Waals surface area contributed by atoms with Crippen molar-refractivity contribution in [1.82, 2.24) is 14.8 Å². The number of nitrogens with zero attached hydrogens (tertiary/aromatic N) is 2. The van der Waals surface area contributed by atoms with Crippen LogP contribution in [0.4, 0.5) is 4.79 Å². The largest absolute Gasteiger partial charge is 0.444 e. The van der Waals surface area contributed by atoms with E-state index in [2.05, 4.69) is 34.3 Å². The molecule has 0 radical (unpaired) electrons. The molecule has 1 aromatic heterocycles. The molecular weight excluding hydrogens is 342 g/mol. The molecule has 1 aromatic carbocycles. The lowest BCUT2D eigenvalue weighted by molar-refractivity contribution is -0.125. The predicted octanol–water partition coefficient (Wildman–Crippen LogP) is 3.55. The lowest BCUT2D eigenvalue weighted by Crippen LogP contribution is -2.47. The Balaban J connectivity index is 1.48. The van der Waals surface area contributed by atoms with Crippen LogP contribution >= 0.6 is 0 Å². The third-order valence-corrected chi connectivity index (χ3v) is 4.74. The number of fused-ring (bicyclic) bond motifs is 1. The van der Waals surface area contributed by atoms with Crippen molar-refractivity contribution < 1.29 is 14.3 Å². The van der Waals surface area contributed by atoms with Crippen LogP contribution in [0.25, 0.3) is 10.9 Å². The standard InChI is InChI=1S/C21H29N3O3/c1-21(2,3)27-20(26)24-14-6-10-18(24)19(25)22-12-7-13-23-15-11-16-8-4-5-9-17(16)23/h4-5,8-9,11,15,18H,6-7,10,12-14H2,1-3H3,(H,22,25). The number of hydrogen-bond acceptors (Lipinski definition) is 3. The Kier molecular flexibility index (Phi) is 5.73. The van der Waals surface area contributed by atoms with E-state index in [9.17, 15) is 9.59 Å². The SMILES string of the molecule is CC(C)(C)OC(=O)N1CCCC1C(=O)NCCCn1ccc2ccccc21. The van der Waals surface area contributed by atoms with E-state index >= 15 is 0 Å². The maximum absolute atomic E-state index is 12.5. The van der Waals surface area contributed by atoms with E-state index in [-0.39, 0.29) is 5.91 Å². The third-order valence-electron chi connectivity index (χ3n) is 4.74. The monoisotopic (exact) mass is 371 g/mol. The van der Waals surface area contributed by atoms with Gasteiger partial charge in [-0.1, -0.05) is 18.2 Å². The van der Waals surface area contributed by atoms with Crippen LogP contribution in [0.3, 0.4) is 0 Å². The average molecular weight is 371 g/mol. The molecule has 2 amide bonds. The molecule has 1 atom stereocenters. The summed E-state index contributed by atoms with van der Waals surface area (Å²) in [5.74, 6) is -0.0873. The zero-order valence-electron chi connectivity index (χ0n) is 16.4. The number of nitrogens with one attached hydrogen (secondary N) is 1. The highest BCUT2D eigenvalue weighted by molar-refractivity contribution is 5.86. The Morgan fingerprint density at radius 3 is 2.78 bits per heavy atom. The van der Waals surface area contributed by atoms with E-state index in [1.54, 1.807) is 4.90 Å². The van der Waals surface area contributed by atoms with Crippen LogP contribution in [0.1, 0.15) is 40.0 Å². The molecule has 0 saturated carbocycles. The number of amides is 2. The zero-order chi connectivity index (χ0) is 19.4. The van der Waals surface area contributed by atoms with Crippen LogP contribution in [-0.4, -0.2) is 46.2 Å². The first-order valence-electron chi connectivity index (χ1n) is 9.66. The summed E-state index contributed by atoms with van der Waals surface area (Å²) >= 11 is 0. The van der Waals surface area contributed by atoms with Crippen LogP contribution in [0.15, 0.2) is 36.5 Å². The van der Waals surface area contributed by atoms with Crippen molar-refractivity contribution in [2.24, 2.45) is 0 Å². The lowest BCUT2D eigenvalue weighted by atomic mass is 10.2. The number of para-hydroxylation sites is 1. The molecule has 2 aromatic rings. The number of likely N-dealkylation sites (tertiary alicyclic amines) is 1. The van der Waals surface area contributed by atoms with Crippen LogP contribution in [0.2, 0.25) is 0 Å². The predicted molar refractivity (Wildman–Crippen MR) is 106 cm³/mol. The molecule has 0 aliphatic carbocycles. The summed E-state index contributed by atoms with van der Waals surface area (Å²) in [4.78, 5) is 26.4. The second kappa shape index (κ2) is 8.03. The van der Waals surface area contributed by atoms with E-state index in [0.717, 1.165) is 19.4 Å². The van der Waals surface area contributed by atoms with Gasteiger partial charge in [-0.05, 0) is 57.6 Å². The minimum atomic E-state index is -0.555. The van der Waals surface area contributed by atoms with Crippen molar-refractivity contribution >= 4 is 22.9 Å². The Morgan fingerprint density at radius 2 is 2.00 bits per heavy atom. The molecule has 3 rings (SSSR count). The van der Waals surface area contributed by atoms with Crippen molar-refractivity contribution in [2.45, 2.75) is 58.2 Å². The number of carbonyl (C=O) groups is 2. The molecule has 27 heavy (non-hydrogen) atoms. The number of benzene rings is 1. The number of carbonyl (C=O) groups excluding carboxylic acids is 2. The fourth-order valence-electron chi connectivity index (χ4n) is 3.49. The molecule has 6 nitrogen and oxygen atoms in total. The number of aryl methyl sites for hydroxylation is 1. The average Bonchev–Trinajstić information content (AvgIpc) is 3.24. The fourth-order valence-corrected chi connectivity index (χ4v) is 3.49. The smallest absolute Gasteiger partial charge is 0.410 e. The quantitative estimate of drug-likeness (QED) is 0.818. The molecule has 1 N–H and O–H groups in total. The Labute approximate surface area is 160 Å². The number of aromatic nitrogens is 1. The van der Waals surface area contributed by atoms with Gasteiger partial charge >= 0.3 is 6.09 Å². The number of hydrogen-bond donors (Lipinski definition) is 1. The van der Waals surface area contributed by atoms with E-state index < -0.39 is 17.7 Å². The summed E-state index contributed by atoms with van der Waals surface area (Å²) in [5.41, 5.74) is 0.649. The van der Waals surface area contributed by atoms with Crippen molar-refractivity contribution in [1.29, 1.82) is 0 Å². The molecule has 1 unspecified atom stereocenters. The van der Waals surface area contributed by atoms with Crippen molar-refractivity contribution in [3.63, 3.8) is 0 Å². The maximum atomic E-state index is 12.5. The molecule has 1 saturated heterocycles. The summed E-state index contributed by atoms with van der Waals surface area (Å²) in [6, 6.07) is 9.94. The molecule has 1 aliphatic heterocycles. The second-order valence-corrected chi connectivity index (χ2v) is 8.04. The van der Waals surface area contributed by atoms with Gasteiger partial charge in [-0.15, -0.1) is 0 Å². The highest BCUT2D eigenvalue weighted by atomic mass is 16.6. The van der Waals surface area contributed by atoms with E-state index in [1.807, 2.05) is 32.9 Å². The maximum Gasteiger partial charge on any atom is 0.410 e. The number of rotatable bonds is 5. The molecule has 146 valence electrons. The van der Waals surface area contributed by atoms with Gasteiger partial charge in [-0.25, -0.2) is 4.79 Å². The van der Waals surface area contributed by atoms with Gasteiger partial charge in [0.1, 0.15) is 11.6 Å². The Hall–Kier alpha value is -2.50. The molecule has 1 fully saturated rings. The van der Waals surface area contributed by atoms with Gasteiger partial charge in [-0.3, -0.25) is 9.69 Å². The molecule has 0 spiro atoms. The molecule has 6 heteroatoms. The van der Waals surface area contributed by atoms with Gasteiger partial charge in [0.2, 0.25) is 5.91 Å². The summed E-state index contributed by atoms with van der Waals surface area (Å²) in [6.45, 7) is 7.50. The Morgan fingerprint density at radius 1 is 1.22 bits per heavy atom. The van der Waals surface area contributed by atoms with Crippen LogP contribution in [0, 0.1) is 0 Å². The summed E-state index contributed by atoms with van der Waals surface area (Å²) < 4.78 is 7.62. The number of ether oxygens (including phenoxy) is 1. The minimum absolute atomic E-state index is 0.0873. The molecular formula is C21H29N3O3. The van der Waals surface area contributed by atoms with Crippen LogP contribution in [-0.2, 0) is 16.1 Å². The first kappa shape index (κ1) is 19.3. The van der Waals surface area contributed by atoms with Crippen molar-refractivity contribution in [3.8, 4) is 0 Å². The van der Waals surface area contributed by atoms with Gasteiger partial charge in [-0.2, -0.15) is 0 Å². The van der Waals surface area contributed by atoms with Gasteiger partial charge in [0, 0.05) is 31.3 Å². The zero-order valence-corrected chi connectivity index (χ0v) is 16.4. The minimum Gasteiger partial charge on any atom is -0.444 e. The van der Waals surface area contributed by atoms with Gasteiger partial charge in [0.15, 0.2) is 0 Å². The molecule has 2 heterocycles. The van der Waals surface area contributed by atoms with Crippen LogP contribution < -0.4 is 5.32 Å².